The Morgan fingerprint density at radius 2 is 1.93 bits per heavy atom. The largest absolute Gasteiger partial charge is 0.467 e. The monoisotopic (exact) mass is 434 g/mol. The Morgan fingerprint density at radius 3 is 2.50 bits per heavy atom. The van der Waals surface area contributed by atoms with E-state index in [0.717, 1.165) is 18.4 Å². The van der Waals surface area contributed by atoms with E-state index in [-0.39, 0.29) is 36.0 Å². The lowest BCUT2D eigenvalue weighted by Gasteiger charge is -2.30. The summed E-state index contributed by atoms with van der Waals surface area (Å²) in [5.74, 6) is 0.380. The van der Waals surface area contributed by atoms with Crippen molar-refractivity contribution in [2.24, 2.45) is 0 Å². The first kappa shape index (κ1) is 22.5. The van der Waals surface area contributed by atoms with Gasteiger partial charge in [-0.2, -0.15) is 4.31 Å². The van der Waals surface area contributed by atoms with Crippen LogP contribution in [0, 0.1) is 6.92 Å². The molecule has 0 aliphatic carbocycles. The normalized spacial score (nSPS) is 17.0. The van der Waals surface area contributed by atoms with Crippen LogP contribution in [0.4, 0.5) is 0 Å². The van der Waals surface area contributed by atoms with Gasteiger partial charge < -0.3 is 14.1 Å². The van der Waals surface area contributed by atoms with E-state index in [2.05, 4.69) is 0 Å². The number of amides is 1. The summed E-state index contributed by atoms with van der Waals surface area (Å²) in [4.78, 5) is 15.0. The SMILES string of the molecule is Cc1ccc(S(=O)(=O)N(CC(=O)N(Cc2ccco2)CC2CCCO2)C(C)C)cc1. The molecule has 1 aromatic carbocycles. The molecule has 164 valence electrons. The van der Waals surface area contributed by atoms with Crippen LogP contribution in [0.15, 0.2) is 52.0 Å². The number of aryl methyl sites for hydroxylation is 1. The number of carbonyl (C=O) groups excluding carboxylic acids is 1. The molecule has 0 radical (unpaired) electrons. The van der Waals surface area contributed by atoms with Gasteiger partial charge >= 0.3 is 0 Å². The molecule has 1 saturated heterocycles. The molecule has 1 aliphatic heterocycles. The minimum atomic E-state index is -3.80. The van der Waals surface area contributed by atoms with E-state index in [1.807, 2.05) is 6.92 Å². The fourth-order valence-electron chi connectivity index (χ4n) is 3.50. The van der Waals surface area contributed by atoms with Gasteiger partial charge in [0.05, 0.1) is 30.4 Å². The highest BCUT2D eigenvalue weighted by Gasteiger charge is 2.32. The zero-order chi connectivity index (χ0) is 21.7. The predicted molar refractivity (Wildman–Crippen MR) is 113 cm³/mol. The van der Waals surface area contributed by atoms with E-state index in [0.29, 0.717) is 18.9 Å². The maximum atomic E-state index is 13.2. The molecule has 1 amide bonds. The molecular weight excluding hydrogens is 404 g/mol. The Labute approximate surface area is 178 Å². The zero-order valence-electron chi connectivity index (χ0n) is 17.8. The zero-order valence-corrected chi connectivity index (χ0v) is 18.6. The van der Waals surface area contributed by atoms with Crippen molar-refractivity contribution < 1.29 is 22.4 Å². The Bertz CT molecular complexity index is 917. The molecule has 1 atom stereocenters. The van der Waals surface area contributed by atoms with Crippen molar-refractivity contribution in [1.82, 2.24) is 9.21 Å². The van der Waals surface area contributed by atoms with Crippen molar-refractivity contribution in [2.45, 2.75) is 57.2 Å². The molecule has 0 bridgehead atoms. The van der Waals surface area contributed by atoms with Crippen molar-refractivity contribution in [3.05, 3.63) is 54.0 Å². The van der Waals surface area contributed by atoms with Gasteiger partial charge in [-0.15, -0.1) is 0 Å². The molecule has 3 rings (SSSR count). The van der Waals surface area contributed by atoms with Crippen molar-refractivity contribution in [3.63, 3.8) is 0 Å². The second-order valence-electron chi connectivity index (χ2n) is 7.95. The summed E-state index contributed by atoms with van der Waals surface area (Å²) >= 11 is 0. The highest BCUT2D eigenvalue weighted by atomic mass is 32.2. The first-order valence-corrected chi connectivity index (χ1v) is 11.7. The van der Waals surface area contributed by atoms with E-state index < -0.39 is 10.0 Å². The van der Waals surface area contributed by atoms with Crippen LogP contribution in [-0.4, -0.2) is 55.4 Å². The summed E-state index contributed by atoms with van der Waals surface area (Å²) in [7, 11) is -3.80. The van der Waals surface area contributed by atoms with Gasteiger partial charge in [-0.1, -0.05) is 17.7 Å². The summed E-state index contributed by atoms with van der Waals surface area (Å²) in [6, 6.07) is 9.88. The quantitative estimate of drug-likeness (QED) is 0.606. The number of benzene rings is 1. The Hall–Kier alpha value is -2.16. The van der Waals surface area contributed by atoms with Crippen molar-refractivity contribution >= 4 is 15.9 Å². The number of hydrogen-bond acceptors (Lipinski definition) is 5. The molecule has 7 nitrogen and oxygen atoms in total. The Kier molecular flexibility index (Phi) is 7.33. The van der Waals surface area contributed by atoms with E-state index >= 15 is 0 Å². The molecule has 1 aromatic heterocycles. The third-order valence-corrected chi connectivity index (χ3v) is 7.26. The summed E-state index contributed by atoms with van der Waals surface area (Å²) in [5.41, 5.74) is 0.974. The van der Waals surface area contributed by atoms with Gasteiger partial charge in [0.2, 0.25) is 15.9 Å². The lowest BCUT2D eigenvalue weighted by atomic mass is 10.2. The van der Waals surface area contributed by atoms with Crippen LogP contribution in [0.2, 0.25) is 0 Å². The molecule has 1 fully saturated rings. The van der Waals surface area contributed by atoms with Gasteiger partial charge in [-0.25, -0.2) is 8.42 Å². The predicted octanol–water partition coefficient (Wildman–Crippen LogP) is 3.19. The summed E-state index contributed by atoms with van der Waals surface area (Å²) < 4.78 is 38.8. The van der Waals surface area contributed by atoms with Crippen LogP contribution in [0.5, 0.6) is 0 Å². The van der Waals surface area contributed by atoms with Crippen LogP contribution in [0.3, 0.4) is 0 Å². The van der Waals surface area contributed by atoms with Crippen LogP contribution in [-0.2, 0) is 26.1 Å². The number of nitrogens with zero attached hydrogens (tertiary/aromatic N) is 2. The van der Waals surface area contributed by atoms with E-state index in [1.165, 1.54) is 4.31 Å². The minimum Gasteiger partial charge on any atom is -0.467 e. The first-order chi connectivity index (χ1) is 14.3. The van der Waals surface area contributed by atoms with Crippen LogP contribution in [0.1, 0.15) is 38.0 Å². The number of furan rings is 1. The van der Waals surface area contributed by atoms with Crippen LogP contribution in [0.25, 0.3) is 0 Å². The average Bonchev–Trinajstić information content (AvgIpc) is 3.39. The number of ether oxygens (including phenoxy) is 1. The molecule has 8 heteroatoms. The second-order valence-corrected chi connectivity index (χ2v) is 9.84. The minimum absolute atomic E-state index is 0.0369. The van der Waals surface area contributed by atoms with Gasteiger partial charge in [0.15, 0.2) is 0 Å². The van der Waals surface area contributed by atoms with Crippen molar-refractivity contribution in [3.8, 4) is 0 Å². The number of sulfonamides is 1. The standard InChI is InChI=1S/C22H30N2O5S/c1-17(2)24(30(26,27)21-10-8-18(3)9-11-21)16-22(25)23(14-19-6-4-12-28-19)15-20-7-5-13-29-20/h4,6,8-12,17,20H,5,7,13-16H2,1-3H3. The van der Waals surface area contributed by atoms with Crippen molar-refractivity contribution in [2.75, 3.05) is 19.7 Å². The van der Waals surface area contributed by atoms with Crippen LogP contribution < -0.4 is 0 Å². The Morgan fingerprint density at radius 1 is 1.20 bits per heavy atom. The first-order valence-electron chi connectivity index (χ1n) is 10.3. The lowest BCUT2D eigenvalue weighted by Crippen LogP contribution is -2.47. The number of hydrogen-bond donors (Lipinski definition) is 0. The third kappa shape index (κ3) is 5.50. The maximum Gasteiger partial charge on any atom is 0.243 e. The second kappa shape index (κ2) is 9.76. The fraction of sp³-hybridized carbons (Fsp3) is 0.500. The van der Waals surface area contributed by atoms with Gasteiger partial charge in [-0.05, 0) is 57.9 Å². The molecule has 2 aromatic rings. The molecule has 0 saturated carbocycles. The maximum absolute atomic E-state index is 13.2. The Balaban J connectivity index is 1.80. The summed E-state index contributed by atoms with van der Waals surface area (Å²) in [6.07, 6.45) is 3.38. The highest BCUT2D eigenvalue weighted by Crippen LogP contribution is 2.21. The molecular formula is C22H30N2O5S. The fourth-order valence-corrected chi connectivity index (χ4v) is 5.09. The van der Waals surface area contributed by atoms with Crippen LogP contribution >= 0.6 is 0 Å². The molecule has 1 aliphatic rings. The summed E-state index contributed by atoms with van der Waals surface area (Å²) in [6.45, 7) is 6.59. The molecule has 0 spiro atoms. The third-order valence-electron chi connectivity index (χ3n) is 5.22. The molecule has 0 N–H and O–H groups in total. The average molecular weight is 435 g/mol. The molecule has 1 unspecified atom stereocenters. The van der Waals surface area contributed by atoms with Gasteiger partial charge in [0.25, 0.3) is 0 Å². The van der Waals surface area contributed by atoms with Gasteiger partial charge in [0, 0.05) is 19.2 Å². The number of rotatable bonds is 9. The van der Waals surface area contributed by atoms with E-state index in [1.54, 1.807) is 61.4 Å². The van der Waals surface area contributed by atoms with Crippen molar-refractivity contribution in [1.29, 1.82) is 0 Å². The number of carbonyl (C=O) groups is 1. The molecule has 2 heterocycles. The van der Waals surface area contributed by atoms with E-state index in [4.69, 9.17) is 9.15 Å². The lowest BCUT2D eigenvalue weighted by molar-refractivity contribution is -0.134. The van der Waals surface area contributed by atoms with Gasteiger partial charge in [0.1, 0.15) is 5.76 Å². The summed E-state index contributed by atoms with van der Waals surface area (Å²) in [5, 5.41) is 0. The topological polar surface area (TPSA) is 80.1 Å². The smallest absolute Gasteiger partial charge is 0.243 e. The van der Waals surface area contributed by atoms with Gasteiger partial charge in [-0.3, -0.25) is 4.79 Å². The molecule has 30 heavy (non-hydrogen) atoms. The highest BCUT2D eigenvalue weighted by molar-refractivity contribution is 7.89. The van der Waals surface area contributed by atoms with E-state index in [9.17, 15) is 13.2 Å².